The van der Waals surface area contributed by atoms with Crippen molar-refractivity contribution in [1.82, 2.24) is 15.5 Å². The number of carbonyl (C=O) groups excluding carboxylic acids is 1. The molecule has 0 aromatic heterocycles. The first-order valence-corrected chi connectivity index (χ1v) is 10.6. The standard InChI is InChI=1S/C22H34N4O.HI/c1-3-23-22(24-15-19-12-8-7-9-17(19)2)25-20-13-14-26(16-20)21(27)18-10-5-4-6-11-18;/h7-9,12,18,20H,3-6,10-11,13-16H2,1-2H3,(H2,23,24,25);1H. The van der Waals surface area contributed by atoms with Crippen LogP contribution in [0.4, 0.5) is 0 Å². The summed E-state index contributed by atoms with van der Waals surface area (Å²) in [5.41, 5.74) is 2.51. The van der Waals surface area contributed by atoms with Gasteiger partial charge in [0.25, 0.3) is 0 Å². The maximum Gasteiger partial charge on any atom is 0.225 e. The summed E-state index contributed by atoms with van der Waals surface area (Å²) in [4.78, 5) is 19.6. The van der Waals surface area contributed by atoms with Gasteiger partial charge in [-0.25, -0.2) is 4.99 Å². The van der Waals surface area contributed by atoms with E-state index in [2.05, 4.69) is 53.6 Å². The van der Waals surface area contributed by atoms with E-state index in [0.717, 1.165) is 44.9 Å². The van der Waals surface area contributed by atoms with Crippen LogP contribution in [-0.2, 0) is 11.3 Å². The number of halogens is 1. The number of nitrogens with zero attached hydrogens (tertiary/aromatic N) is 2. The van der Waals surface area contributed by atoms with Gasteiger partial charge in [-0.2, -0.15) is 0 Å². The van der Waals surface area contributed by atoms with Crippen molar-refractivity contribution in [3.05, 3.63) is 35.4 Å². The van der Waals surface area contributed by atoms with E-state index in [9.17, 15) is 4.79 Å². The molecular formula is C22H35IN4O. The Balaban J connectivity index is 0.00000280. The fourth-order valence-corrected chi connectivity index (χ4v) is 4.15. The van der Waals surface area contributed by atoms with E-state index in [-0.39, 0.29) is 35.9 Å². The average molecular weight is 498 g/mol. The Bertz CT molecular complexity index is 658. The molecule has 1 atom stereocenters. The van der Waals surface area contributed by atoms with Crippen molar-refractivity contribution in [2.75, 3.05) is 19.6 Å². The van der Waals surface area contributed by atoms with E-state index >= 15 is 0 Å². The fourth-order valence-electron chi connectivity index (χ4n) is 4.15. The molecule has 1 amide bonds. The van der Waals surface area contributed by atoms with E-state index in [0.29, 0.717) is 12.5 Å². The summed E-state index contributed by atoms with van der Waals surface area (Å²) in [6.45, 7) is 7.36. The Morgan fingerprint density at radius 1 is 1.18 bits per heavy atom. The number of rotatable bonds is 5. The molecule has 1 aromatic rings. The van der Waals surface area contributed by atoms with E-state index in [1.165, 1.54) is 30.4 Å². The third kappa shape index (κ3) is 6.36. The van der Waals surface area contributed by atoms with Crippen molar-refractivity contribution in [2.24, 2.45) is 10.9 Å². The summed E-state index contributed by atoms with van der Waals surface area (Å²) in [5, 5.41) is 6.88. The second-order valence-corrected chi connectivity index (χ2v) is 7.87. The first-order valence-electron chi connectivity index (χ1n) is 10.6. The fraction of sp³-hybridized carbons (Fsp3) is 0.636. The average Bonchev–Trinajstić information content (AvgIpc) is 3.16. The minimum absolute atomic E-state index is 0. The quantitative estimate of drug-likeness (QED) is 0.369. The predicted molar refractivity (Wildman–Crippen MR) is 126 cm³/mol. The molecule has 2 fully saturated rings. The topological polar surface area (TPSA) is 56.7 Å². The molecule has 2 N–H and O–H groups in total. The van der Waals surface area contributed by atoms with Gasteiger partial charge in [-0.1, -0.05) is 43.5 Å². The van der Waals surface area contributed by atoms with Crippen LogP contribution in [0.3, 0.4) is 0 Å². The first-order chi connectivity index (χ1) is 13.2. The zero-order valence-electron chi connectivity index (χ0n) is 17.2. The van der Waals surface area contributed by atoms with Crippen LogP contribution in [0.1, 0.15) is 56.6 Å². The van der Waals surface area contributed by atoms with Gasteiger partial charge in [0.05, 0.1) is 6.54 Å². The van der Waals surface area contributed by atoms with E-state index in [4.69, 9.17) is 4.99 Å². The number of aliphatic imine (C=N–C) groups is 1. The molecule has 0 spiro atoms. The zero-order valence-corrected chi connectivity index (χ0v) is 19.6. The van der Waals surface area contributed by atoms with Gasteiger partial charge in [0.15, 0.2) is 5.96 Å². The highest BCUT2D eigenvalue weighted by atomic mass is 127. The predicted octanol–water partition coefficient (Wildman–Crippen LogP) is 3.85. The number of guanidine groups is 1. The number of hydrogen-bond donors (Lipinski definition) is 2. The Kier molecular flexibility index (Phi) is 9.55. The van der Waals surface area contributed by atoms with Gasteiger partial charge < -0.3 is 15.5 Å². The third-order valence-corrected chi connectivity index (χ3v) is 5.81. The summed E-state index contributed by atoms with van der Waals surface area (Å²) >= 11 is 0. The smallest absolute Gasteiger partial charge is 0.225 e. The summed E-state index contributed by atoms with van der Waals surface area (Å²) in [6, 6.07) is 8.65. The van der Waals surface area contributed by atoms with Crippen molar-refractivity contribution in [3.8, 4) is 0 Å². The highest BCUT2D eigenvalue weighted by Crippen LogP contribution is 2.26. The highest BCUT2D eigenvalue weighted by Gasteiger charge is 2.31. The third-order valence-electron chi connectivity index (χ3n) is 5.81. The van der Waals surface area contributed by atoms with Crippen LogP contribution in [0, 0.1) is 12.8 Å². The molecule has 1 unspecified atom stereocenters. The molecule has 6 heteroatoms. The molecule has 1 saturated heterocycles. The van der Waals surface area contributed by atoms with Gasteiger partial charge in [0.1, 0.15) is 0 Å². The molecule has 1 heterocycles. The molecule has 1 saturated carbocycles. The molecule has 28 heavy (non-hydrogen) atoms. The molecule has 1 aromatic carbocycles. The van der Waals surface area contributed by atoms with Crippen LogP contribution >= 0.6 is 24.0 Å². The molecule has 0 radical (unpaired) electrons. The lowest BCUT2D eigenvalue weighted by Gasteiger charge is -2.26. The number of aryl methyl sites for hydroxylation is 1. The van der Waals surface area contributed by atoms with Crippen LogP contribution in [0.25, 0.3) is 0 Å². The van der Waals surface area contributed by atoms with Gasteiger partial charge in [-0.15, -0.1) is 24.0 Å². The summed E-state index contributed by atoms with van der Waals surface area (Å²) in [5.74, 6) is 1.49. The van der Waals surface area contributed by atoms with Gasteiger partial charge in [-0.05, 0) is 44.2 Å². The van der Waals surface area contributed by atoms with E-state index in [1.807, 2.05) is 0 Å². The Morgan fingerprint density at radius 2 is 1.93 bits per heavy atom. The second kappa shape index (κ2) is 11.6. The lowest BCUT2D eigenvalue weighted by atomic mass is 9.88. The summed E-state index contributed by atoms with van der Waals surface area (Å²) < 4.78 is 0. The summed E-state index contributed by atoms with van der Waals surface area (Å²) in [7, 11) is 0. The maximum absolute atomic E-state index is 12.8. The molecular weight excluding hydrogens is 463 g/mol. The van der Waals surface area contributed by atoms with Crippen LogP contribution < -0.4 is 10.6 Å². The van der Waals surface area contributed by atoms with Crippen LogP contribution in [0.2, 0.25) is 0 Å². The van der Waals surface area contributed by atoms with Crippen molar-refractivity contribution in [1.29, 1.82) is 0 Å². The molecule has 2 aliphatic rings. The molecule has 0 bridgehead atoms. The van der Waals surface area contributed by atoms with Crippen molar-refractivity contribution < 1.29 is 4.79 Å². The van der Waals surface area contributed by atoms with E-state index < -0.39 is 0 Å². The van der Waals surface area contributed by atoms with Crippen molar-refractivity contribution in [3.63, 3.8) is 0 Å². The monoisotopic (exact) mass is 498 g/mol. The highest BCUT2D eigenvalue weighted by molar-refractivity contribution is 14.0. The van der Waals surface area contributed by atoms with Crippen LogP contribution in [0.5, 0.6) is 0 Å². The Morgan fingerprint density at radius 3 is 2.64 bits per heavy atom. The van der Waals surface area contributed by atoms with Gasteiger partial charge in [0, 0.05) is 31.6 Å². The first kappa shape index (κ1) is 23.0. The molecule has 156 valence electrons. The number of carbonyl (C=O) groups is 1. The summed E-state index contributed by atoms with van der Waals surface area (Å²) in [6.07, 6.45) is 6.86. The zero-order chi connectivity index (χ0) is 19.1. The molecule has 1 aliphatic carbocycles. The number of benzene rings is 1. The molecule has 3 rings (SSSR count). The van der Waals surface area contributed by atoms with Crippen LogP contribution in [0.15, 0.2) is 29.3 Å². The SMILES string of the molecule is CCNC(=NCc1ccccc1C)NC1CCN(C(=O)C2CCCCC2)C1.I. The largest absolute Gasteiger partial charge is 0.357 e. The normalized spacial score (nSPS) is 20.6. The lowest BCUT2D eigenvalue weighted by molar-refractivity contribution is -0.135. The van der Waals surface area contributed by atoms with Gasteiger partial charge >= 0.3 is 0 Å². The minimum Gasteiger partial charge on any atom is -0.357 e. The number of hydrogen-bond acceptors (Lipinski definition) is 2. The maximum atomic E-state index is 12.8. The van der Waals surface area contributed by atoms with Crippen molar-refractivity contribution >= 4 is 35.8 Å². The van der Waals surface area contributed by atoms with Crippen molar-refractivity contribution in [2.45, 2.75) is 65.0 Å². The van der Waals surface area contributed by atoms with Gasteiger partial charge in [-0.3, -0.25) is 4.79 Å². The van der Waals surface area contributed by atoms with E-state index in [1.54, 1.807) is 0 Å². The second-order valence-electron chi connectivity index (χ2n) is 7.87. The number of amides is 1. The lowest BCUT2D eigenvalue weighted by Crippen LogP contribution is -2.45. The van der Waals surface area contributed by atoms with Crippen LogP contribution in [-0.4, -0.2) is 42.4 Å². The molecule has 5 nitrogen and oxygen atoms in total. The number of nitrogens with one attached hydrogen (secondary N) is 2. The Labute approximate surface area is 186 Å². The number of likely N-dealkylation sites (tertiary alicyclic amines) is 1. The van der Waals surface area contributed by atoms with Gasteiger partial charge in [0.2, 0.25) is 5.91 Å². The molecule has 1 aliphatic heterocycles. The Hall–Kier alpha value is -1.31. The minimum atomic E-state index is 0.